The van der Waals surface area contributed by atoms with Gasteiger partial charge in [-0.1, -0.05) is 79.0 Å². The van der Waals surface area contributed by atoms with E-state index >= 15 is 0 Å². The predicted molar refractivity (Wildman–Crippen MR) is 143 cm³/mol. The number of nitrogens with one attached hydrogen (secondary N) is 1. The summed E-state index contributed by atoms with van der Waals surface area (Å²) in [5.74, 6) is -0.864. The zero-order chi connectivity index (χ0) is 26.3. The standard InChI is InChI=1S/C24H30Cl3N3O4S/c1-5-16(3)28-24(32)21(6-2)29(14-17-10-8-7-9-11-17)23(31)15-30(35(4,33)34)22-13-19(26)18(25)12-20(22)27/h7-13,16,21H,5-6,14-15H2,1-4H3,(H,28,32)/t16-,21+/m1/s1. The van der Waals surface area contributed by atoms with Crippen molar-refractivity contribution in [1.29, 1.82) is 0 Å². The van der Waals surface area contributed by atoms with E-state index in [4.69, 9.17) is 34.8 Å². The summed E-state index contributed by atoms with van der Waals surface area (Å²) in [4.78, 5) is 28.1. The van der Waals surface area contributed by atoms with Gasteiger partial charge in [0.1, 0.15) is 12.6 Å². The highest BCUT2D eigenvalue weighted by atomic mass is 35.5. The highest BCUT2D eigenvalue weighted by Crippen LogP contribution is 2.35. The zero-order valence-electron chi connectivity index (χ0n) is 20.1. The maximum absolute atomic E-state index is 13.6. The maximum Gasteiger partial charge on any atom is 0.244 e. The van der Waals surface area contributed by atoms with E-state index in [1.165, 1.54) is 17.0 Å². The van der Waals surface area contributed by atoms with Crippen LogP contribution in [0, 0.1) is 0 Å². The fourth-order valence-corrected chi connectivity index (χ4v) is 4.99. The van der Waals surface area contributed by atoms with Crippen LogP contribution in [0.2, 0.25) is 15.1 Å². The third kappa shape index (κ3) is 8.00. The van der Waals surface area contributed by atoms with Gasteiger partial charge in [-0.2, -0.15) is 0 Å². The van der Waals surface area contributed by atoms with Crippen LogP contribution in [0.4, 0.5) is 5.69 Å². The smallest absolute Gasteiger partial charge is 0.244 e. The second-order valence-electron chi connectivity index (χ2n) is 8.24. The molecule has 0 saturated heterocycles. The number of hydrogen-bond acceptors (Lipinski definition) is 4. The molecule has 0 aliphatic rings. The fourth-order valence-electron chi connectivity index (χ4n) is 3.44. The zero-order valence-corrected chi connectivity index (χ0v) is 23.2. The van der Waals surface area contributed by atoms with Crippen molar-refractivity contribution in [3.05, 3.63) is 63.1 Å². The number of benzene rings is 2. The molecule has 0 aromatic heterocycles. The molecule has 0 spiro atoms. The first-order chi connectivity index (χ1) is 16.4. The molecule has 0 aliphatic carbocycles. The van der Waals surface area contributed by atoms with Crippen LogP contribution in [-0.2, 0) is 26.2 Å². The minimum absolute atomic E-state index is 0.0219. The van der Waals surface area contributed by atoms with Gasteiger partial charge in [0.25, 0.3) is 0 Å². The van der Waals surface area contributed by atoms with E-state index in [-0.39, 0.29) is 39.2 Å². The lowest BCUT2D eigenvalue weighted by atomic mass is 10.1. The lowest BCUT2D eigenvalue weighted by Crippen LogP contribution is -2.53. The molecule has 2 amide bonds. The number of nitrogens with zero attached hydrogens (tertiary/aromatic N) is 2. The van der Waals surface area contributed by atoms with Gasteiger partial charge in [-0.15, -0.1) is 0 Å². The average Bonchev–Trinajstić information content (AvgIpc) is 2.79. The molecule has 2 aromatic carbocycles. The maximum atomic E-state index is 13.6. The summed E-state index contributed by atoms with van der Waals surface area (Å²) in [5.41, 5.74) is 0.822. The Labute approximate surface area is 222 Å². The molecule has 2 rings (SSSR count). The number of carbonyl (C=O) groups is 2. The number of carbonyl (C=O) groups excluding carboxylic acids is 2. The van der Waals surface area contributed by atoms with Crippen LogP contribution in [0.25, 0.3) is 0 Å². The molecule has 2 aromatic rings. The molecule has 0 radical (unpaired) electrons. The van der Waals surface area contributed by atoms with Gasteiger partial charge in [0.15, 0.2) is 0 Å². The van der Waals surface area contributed by atoms with Gasteiger partial charge in [0.05, 0.1) is 27.0 Å². The normalized spacial score (nSPS) is 13.1. The minimum atomic E-state index is -3.95. The molecule has 0 unspecified atom stereocenters. The summed E-state index contributed by atoms with van der Waals surface area (Å²) >= 11 is 18.4. The molecule has 192 valence electrons. The van der Waals surface area contributed by atoms with Gasteiger partial charge in [-0.25, -0.2) is 8.42 Å². The van der Waals surface area contributed by atoms with Gasteiger partial charge < -0.3 is 10.2 Å². The van der Waals surface area contributed by atoms with Crippen molar-refractivity contribution in [2.24, 2.45) is 0 Å². The van der Waals surface area contributed by atoms with E-state index in [2.05, 4.69) is 5.32 Å². The van der Waals surface area contributed by atoms with Crippen LogP contribution in [0.1, 0.15) is 39.2 Å². The summed E-state index contributed by atoms with van der Waals surface area (Å²) in [6.07, 6.45) is 2.04. The molecule has 35 heavy (non-hydrogen) atoms. The Kier molecular flexibility index (Phi) is 10.7. The molecule has 0 fully saturated rings. The van der Waals surface area contributed by atoms with E-state index in [1.54, 1.807) is 6.92 Å². The number of sulfonamides is 1. The van der Waals surface area contributed by atoms with Gasteiger partial charge in [0, 0.05) is 12.6 Å². The van der Waals surface area contributed by atoms with Crippen molar-refractivity contribution < 1.29 is 18.0 Å². The Bertz CT molecular complexity index is 1150. The quantitative estimate of drug-likeness (QED) is 0.385. The van der Waals surface area contributed by atoms with E-state index in [9.17, 15) is 18.0 Å². The van der Waals surface area contributed by atoms with Gasteiger partial charge in [0.2, 0.25) is 21.8 Å². The van der Waals surface area contributed by atoms with Gasteiger partial charge >= 0.3 is 0 Å². The summed E-state index contributed by atoms with van der Waals surface area (Å²) < 4.78 is 26.3. The van der Waals surface area contributed by atoms with Crippen molar-refractivity contribution in [2.75, 3.05) is 17.1 Å². The third-order valence-corrected chi connectivity index (χ3v) is 7.67. The number of rotatable bonds is 11. The third-order valence-electron chi connectivity index (χ3n) is 5.52. The van der Waals surface area contributed by atoms with Crippen LogP contribution in [0.15, 0.2) is 42.5 Å². The molecular weight excluding hydrogens is 533 g/mol. The van der Waals surface area contributed by atoms with E-state index in [0.717, 1.165) is 22.5 Å². The highest BCUT2D eigenvalue weighted by Gasteiger charge is 2.32. The monoisotopic (exact) mass is 561 g/mol. The molecule has 11 heteroatoms. The van der Waals surface area contributed by atoms with Crippen molar-refractivity contribution in [3.8, 4) is 0 Å². The van der Waals surface area contributed by atoms with Crippen LogP contribution < -0.4 is 9.62 Å². The molecule has 0 heterocycles. The van der Waals surface area contributed by atoms with Crippen LogP contribution in [-0.4, -0.2) is 50.0 Å². The Morgan fingerprint density at radius 3 is 2.11 bits per heavy atom. The van der Waals surface area contributed by atoms with E-state index < -0.39 is 28.5 Å². The van der Waals surface area contributed by atoms with Gasteiger partial charge in [-0.3, -0.25) is 13.9 Å². The Hall–Kier alpha value is -2.00. The molecule has 0 bridgehead atoms. The van der Waals surface area contributed by atoms with Crippen LogP contribution in [0.3, 0.4) is 0 Å². The topological polar surface area (TPSA) is 86.8 Å². The molecule has 0 aliphatic heterocycles. The lowest BCUT2D eigenvalue weighted by molar-refractivity contribution is -0.140. The van der Waals surface area contributed by atoms with Crippen molar-refractivity contribution >= 4 is 62.3 Å². The lowest BCUT2D eigenvalue weighted by Gasteiger charge is -2.33. The first-order valence-electron chi connectivity index (χ1n) is 11.1. The largest absolute Gasteiger partial charge is 0.352 e. The molecule has 7 nitrogen and oxygen atoms in total. The fraction of sp³-hybridized carbons (Fsp3) is 0.417. The number of amides is 2. The molecular formula is C24H30Cl3N3O4S. The average molecular weight is 563 g/mol. The van der Waals surface area contributed by atoms with Gasteiger partial charge in [-0.05, 0) is 37.5 Å². The van der Waals surface area contributed by atoms with E-state index in [0.29, 0.717) is 6.42 Å². The summed E-state index contributed by atoms with van der Waals surface area (Å²) in [6, 6.07) is 10.9. The summed E-state index contributed by atoms with van der Waals surface area (Å²) in [5, 5.41) is 3.19. The van der Waals surface area contributed by atoms with Crippen molar-refractivity contribution in [3.63, 3.8) is 0 Å². The van der Waals surface area contributed by atoms with Crippen molar-refractivity contribution in [2.45, 2.75) is 52.2 Å². The summed E-state index contributed by atoms with van der Waals surface area (Å²) in [7, 11) is -3.95. The van der Waals surface area contributed by atoms with Crippen molar-refractivity contribution in [1.82, 2.24) is 10.2 Å². The minimum Gasteiger partial charge on any atom is -0.352 e. The molecule has 2 atom stereocenters. The molecule has 0 saturated carbocycles. The van der Waals surface area contributed by atoms with E-state index in [1.807, 2.05) is 44.2 Å². The first-order valence-corrected chi connectivity index (χ1v) is 14.1. The first kappa shape index (κ1) is 29.2. The SMILES string of the molecule is CC[C@@H](C)NC(=O)[C@H](CC)N(Cc1ccccc1)C(=O)CN(c1cc(Cl)c(Cl)cc1Cl)S(C)(=O)=O. The number of anilines is 1. The van der Waals surface area contributed by atoms with Crippen LogP contribution in [0.5, 0.6) is 0 Å². The Morgan fingerprint density at radius 1 is 0.971 bits per heavy atom. The summed E-state index contributed by atoms with van der Waals surface area (Å²) in [6.45, 7) is 5.18. The Balaban J connectivity index is 2.48. The number of halogens is 3. The highest BCUT2D eigenvalue weighted by molar-refractivity contribution is 7.92. The number of hydrogen-bond donors (Lipinski definition) is 1. The Morgan fingerprint density at radius 2 is 1.57 bits per heavy atom. The predicted octanol–water partition coefficient (Wildman–Crippen LogP) is 5.13. The second-order valence-corrected chi connectivity index (χ2v) is 11.4. The van der Waals surface area contributed by atoms with Crippen LogP contribution >= 0.6 is 34.8 Å². The second kappa shape index (κ2) is 12.8. The molecule has 1 N–H and O–H groups in total.